The van der Waals surface area contributed by atoms with Crippen molar-refractivity contribution in [2.45, 2.75) is 19.6 Å². The number of aryl methyl sites for hydroxylation is 1. The monoisotopic (exact) mass is 291 g/mol. The molecule has 1 N–H and O–H groups in total. The first-order valence-corrected chi connectivity index (χ1v) is 5.63. The Labute approximate surface area is 111 Å². The van der Waals surface area contributed by atoms with Crippen LogP contribution in [-0.4, -0.2) is 10.2 Å². The summed E-state index contributed by atoms with van der Waals surface area (Å²) in [4.78, 5) is 0. The molecule has 0 saturated heterocycles. The number of anilines is 1. The van der Waals surface area contributed by atoms with E-state index in [9.17, 15) is 13.2 Å². The van der Waals surface area contributed by atoms with Crippen LogP contribution in [-0.2, 0) is 12.7 Å². The van der Waals surface area contributed by atoms with Crippen molar-refractivity contribution in [2.75, 3.05) is 5.32 Å². The van der Waals surface area contributed by atoms with E-state index < -0.39 is 11.7 Å². The van der Waals surface area contributed by atoms with Crippen molar-refractivity contribution in [1.82, 2.24) is 10.2 Å². The van der Waals surface area contributed by atoms with E-state index >= 15 is 0 Å². The number of rotatable bonds is 3. The highest BCUT2D eigenvalue weighted by atomic mass is 35.5. The topological polar surface area (TPSA) is 51.0 Å². The lowest BCUT2D eigenvalue weighted by Crippen LogP contribution is -2.07. The molecule has 1 aromatic heterocycles. The SMILES string of the molecule is Cc1nnc(CNc2cc(C(F)(F)F)ccc2Cl)o1. The highest BCUT2D eigenvalue weighted by molar-refractivity contribution is 6.33. The number of hydrogen-bond acceptors (Lipinski definition) is 4. The summed E-state index contributed by atoms with van der Waals surface area (Å²) >= 11 is 5.82. The van der Waals surface area contributed by atoms with E-state index in [4.69, 9.17) is 16.0 Å². The van der Waals surface area contributed by atoms with Crippen LogP contribution in [0.5, 0.6) is 0 Å². The van der Waals surface area contributed by atoms with Crippen molar-refractivity contribution < 1.29 is 17.6 Å². The van der Waals surface area contributed by atoms with Gasteiger partial charge in [-0.2, -0.15) is 13.2 Å². The van der Waals surface area contributed by atoms with Crippen LogP contribution >= 0.6 is 11.6 Å². The third kappa shape index (κ3) is 3.37. The van der Waals surface area contributed by atoms with Gasteiger partial charge in [-0.1, -0.05) is 11.6 Å². The first kappa shape index (κ1) is 13.7. The lowest BCUT2D eigenvalue weighted by Gasteiger charge is -2.11. The number of benzene rings is 1. The smallest absolute Gasteiger partial charge is 0.416 e. The van der Waals surface area contributed by atoms with Gasteiger partial charge in [0.15, 0.2) is 0 Å². The molecule has 0 spiro atoms. The number of nitrogens with zero attached hydrogens (tertiary/aromatic N) is 2. The largest absolute Gasteiger partial charge is 0.424 e. The molecule has 0 bridgehead atoms. The molecule has 2 aromatic rings. The van der Waals surface area contributed by atoms with Gasteiger partial charge in [0.1, 0.15) is 0 Å². The maximum Gasteiger partial charge on any atom is 0.416 e. The summed E-state index contributed by atoms with van der Waals surface area (Å²) in [6.45, 7) is 1.72. The van der Waals surface area contributed by atoms with Crippen LogP contribution in [0.15, 0.2) is 22.6 Å². The van der Waals surface area contributed by atoms with Crippen LogP contribution in [0.1, 0.15) is 17.3 Å². The molecule has 0 aliphatic heterocycles. The molecule has 102 valence electrons. The highest BCUT2D eigenvalue weighted by Gasteiger charge is 2.30. The van der Waals surface area contributed by atoms with E-state index in [2.05, 4.69) is 15.5 Å². The Balaban J connectivity index is 2.15. The molecule has 2 rings (SSSR count). The molecule has 8 heteroatoms. The van der Waals surface area contributed by atoms with Crippen molar-refractivity contribution in [3.63, 3.8) is 0 Å². The normalized spacial score (nSPS) is 11.6. The Hall–Kier alpha value is -1.76. The average Bonchev–Trinajstić information content (AvgIpc) is 2.72. The van der Waals surface area contributed by atoms with E-state index in [1.165, 1.54) is 6.07 Å². The van der Waals surface area contributed by atoms with Crippen LogP contribution in [0.3, 0.4) is 0 Å². The van der Waals surface area contributed by atoms with Crippen molar-refractivity contribution >= 4 is 17.3 Å². The van der Waals surface area contributed by atoms with Gasteiger partial charge in [-0.3, -0.25) is 0 Å². The standard InChI is InChI=1S/C11H9ClF3N3O/c1-6-17-18-10(19-6)5-16-9-4-7(11(13,14)15)2-3-8(9)12/h2-4,16H,5H2,1H3. The summed E-state index contributed by atoms with van der Waals surface area (Å²) < 4.78 is 42.8. The second kappa shape index (κ2) is 5.08. The van der Waals surface area contributed by atoms with Gasteiger partial charge in [-0.15, -0.1) is 10.2 Å². The van der Waals surface area contributed by atoms with Gasteiger partial charge in [0.2, 0.25) is 11.8 Å². The molecule has 19 heavy (non-hydrogen) atoms. The number of alkyl halides is 3. The van der Waals surface area contributed by atoms with Gasteiger partial charge in [0.25, 0.3) is 0 Å². The number of nitrogens with one attached hydrogen (secondary N) is 1. The van der Waals surface area contributed by atoms with E-state index in [1.807, 2.05) is 0 Å². The fourth-order valence-corrected chi connectivity index (χ4v) is 1.60. The fourth-order valence-electron chi connectivity index (χ4n) is 1.42. The Morgan fingerprint density at radius 1 is 1.32 bits per heavy atom. The Kier molecular flexibility index (Phi) is 3.66. The molecule has 1 heterocycles. The molecule has 0 amide bonds. The lowest BCUT2D eigenvalue weighted by atomic mass is 10.2. The molecule has 0 saturated carbocycles. The lowest BCUT2D eigenvalue weighted by molar-refractivity contribution is -0.137. The highest BCUT2D eigenvalue weighted by Crippen LogP contribution is 2.33. The third-order valence-electron chi connectivity index (χ3n) is 2.29. The molecule has 0 radical (unpaired) electrons. The van der Waals surface area contributed by atoms with Crippen molar-refractivity contribution in [3.8, 4) is 0 Å². The zero-order chi connectivity index (χ0) is 14.0. The predicted octanol–water partition coefficient (Wildman–Crippen LogP) is 3.66. The number of hydrogen-bond donors (Lipinski definition) is 1. The molecule has 0 aliphatic rings. The predicted molar refractivity (Wildman–Crippen MR) is 62.8 cm³/mol. The van der Waals surface area contributed by atoms with Crippen molar-refractivity contribution in [3.05, 3.63) is 40.6 Å². The maximum absolute atomic E-state index is 12.6. The first-order chi connectivity index (χ1) is 8.86. The van der Waals surface area contributed by atoms with Gasteiger partial charge in [0, 0.05) is 6.92 Å². The first-order valence-electron chi connectivity index (χ1n) is 5.26. The fraction of sp³-hybridized carbons (Fsp3) is 0.273. The second-order valence-corrected chi connectivity index (χ2v) is 4.17. The minimum absolute atomic E-state index is 0.0991. The second-order valence-electron chi connectivity index (χ2n) is 3.76. The van der Waals surface area contributed by atoms with Crippen LogP contribution in [0.2, 0.25) is 5.02 Å². The zero-order valence-corrected chi connectivity index (χ0v) is 10.5. The van der Waals surface area contributed by atoms with Gasteiger partial charge in [-0.25, -0.2) is 0 Å². The third-order valence-corrected chi connectivity index (χ3v) is 2.62. The molecular formula is C11H9ClF3N3O. The van der Waals surface area contributed by atoms with Gasteiger partial charge in [-0.05, 0) is 18.2 Å². The molecule has 0 atom stereocenters. The Bertz CT molecular complexity index is 583. The Morgan fingerprint density at radius 3 is 2.63 bits per heavy atom. The summed E-state index contributed by atoms with van der Waals surface area (Å²) in [5, 5.41) is 10.2. The van der Waals surface area contributed by atoms with E-state index in [0.29, 0.717) is 5.89 Å². The van der Waals surface area contributed by atoms with Crippen LogP contribution in [0.25, 0.3) is 0 Å². The summed E-state index contributed by atoms with van der Waals surface area (Å²) in [7, 11) is 0. The minimum Gasteiger partial charge on any atom is -0.424 e. The minimum atomic E-state index is -4.41. The van der Waals surface area contributed by atoms with Crippen molar-refractivity contribution in [1.29, 1.82) is 0 Å². The van der Waals surface area contributed by atoms with Crippen LogP contribution in [0.4, 0.5) is 18.9 Å². The average molecular weight is 292 g/mol. The maximum atomic E-state index is 12.6. The van der Waals surface area contributed by atoms with Gasteiger partial charge in [0.05, 0.1) is 22.8 Å². The number of halogens is 4. The Morgan fingerprint density at radius 2 is 2.05 bits per heavy atom. The molecular weight excluding hydrogens is 283 g/mol. The molecule has 1 aromatic carbocycles. The zero-order valence-electron chi connectivity index (χ0n) is 9.75. The van der Waals surface area contributed by atoms with Crippen LogP contribution in [0, 0.1) is 6.92 Å². The van der Waals surface area contributed by atoms with E-state index in [1.54, 1.807) is 6.92 Å². The van der Waals surface area contributed by atoms with E-state index in [-0.39, 0.29) is 23.1 Å². The quantitative estimate of drug-likeness (QED) is 0.937. The van der Waals surface area contributed by atoms with Gasteiger partial charge >= 0.3 is 6.18 Å². The summed E-state index contributed by atoms with van der Waals surface area (Å²) in [5.41, 5.74) is -0.617. The summed E-state index contributed by atoms with van der Waals surface area (Å²) in [6, 6.07) is 3.04. The summed E-state index contributed by atoms with van der Waals surface area (Å²) in [5.74, 6) is 0.651. The number of aromatic nitrogens is 2. The molecule has 4 nitrogen and oxygen atoms in total. The van der Waals surface area contributed by atoms with Crippen LogP contribution < -0.4 is 5.32 Å². The van der Waals surface area contributed by atoms with E-state index in [0.717, 1.165) is 12.1 Å². The molecule has 0 fully saturated rings. The van der Waals surface area contributed by atoms with Crippen molar-refractivity contribution in [2.24, 2.45) is 0 Å². The molecule has 0 unspecified atom stereocenters. The van der Waals surface area contributed by atoms with Gasteiger partial charge < -0.3 is 9.73 Å². The molecule has 0 aliphatic carbocycles. The summed E-state index contributed by atoms with van der Waals surface area (Å²) in [6.07, 6.45) is -4.41.